The number of amides is 2. The number of anilines is 1. The third kappa shape index (κ3) is 4.88. The molecule has 2 N–H and O–H groups in total. The van der Waals surface area contributed by atoms with Crippen molar-refractivity contribution in [1.29, 1.82) is 0 Å². The number of rotatable bonds is 6. The number of aromatic nitrogens is 4. The van der Waals surface area contributed by atoms with E-state index < -0.39 is 0 Å². The normalized spacial score (nSPS) is 13.8. The smallest absolute Gasteiger partial charge is 0.274 e. The molecule has 4 aromatic rings. The number of hydrogen-bond donors (Lipinski definition) is 2. The Morgan fingerprint density at radius 2 is 1.97 bits per heavy atom. The number of carbonyl (C=O) groups is 2. The maximum atomic E-state index is 13.6. The number of carbonyl (C=O) groups excluding carboxylic acids is 2. The quantitative estimate of drug-likeness (QED) is 0.393. The molecule has 1 saturated carbocycles. The van der Waals surface area contributed by atoms with E-state index in [2.05, 4.69) is 20.7 Å². The molecule has 0 saturated heterocycles. The van der Waals surface area contributed by atoms with Gasteiger partial charge in [-0.1, -0.05) is 24.4 Å². The molecule has 0 bridgehead atoms. The number of pyridine rings is 2. The van der Waals surface area contributed by atoms with Crippen LogP contribution in [0.15, 0.2) is 55.0 Å². The fourth-order valence-corrected chi connectivity index (χ4v) is 4.58. The van der Waals surface area contributed by atoms with Gasteiger partial charge in [-0.15, -0.1) is 0 Å². The third-order valence-electron chi connectivity index (χ3n) is 6.21. The Morgan fingerprint density at radius 1 is 1.14 bits per heavy atom. The van der Waals surface area contributed by atoms with Gasteiger partial charge in [0.05, 0.1) is 22.5 Å². The molecule has 0 spiro atoms. The lowest BCUT2D eigenvalue weighted by molar-refractivity contribution is 0.0933. The van der Waals surface area contributed by atoms with Crippen molar-refractivity contribution >= 4 is 40.0 Å². The molecule has 178 valence electrons. The van der Waals surface area contributed by atoms with Crippen LogP contribution in [-0.4, -0.2) is 37.6 Å². The summed E-state index contributed by atoms with van der Waals surface area (Å²) in [7, 11) is 0. The zero-order valence-corrected chi connectivity index (χ0v) is 20.0. The van der Waals surface area contributed by atoms with Gasteiger partial charge in [0.1, 0.15) is 0 Å². The summed E-state index contributed by atoms with van der Waals surface area (Å²) in [5.41, 5.74) is 2.99. The molecule has 0 atom stereocenters. The predicted octanol–water partition coefficient (Wildman–Crippen LogP) is 5.09. The average molecular weight is 489 g/mol. The zero-order valence-electron chi connectivity index (χ0n) is 19.3. The highest BCUT2D eigenvalue weighted by molar-refractivity contribution is 6.31. The maximum absolute atomic E-state index is 13.6. The van der Waals surface area contributed by atoms with Gasteiger partial charge in [0, 0.05) is 47.1 Å². The highest BCUT2D eigenvalue weighted by atomic mass is 35.5. The van der Waals surface area contributed by atoms with Gasteiger partial charge >= 0.3 is 0 Å². The predicted molar refractivity (Wildman–Crippen MR) is 136 cm³/mol. The largest absolute Gasteiger partial charge is 0.348 e. The number of fused-ring (bicyclic) bond motifs is 1. The number of nitrogens with zero attached hydrogens (tertiary/aromatic N) is 4. The molecule has 8 nitrogen and oxygen atoms in total. The second-order valence-electron chi connectivity index (χ2n) is 8.61. The van der Waals surface area contributed by atoms with E-state index in [1.165, 1.54) is 0 Å². The monoisotopic (exact) mass is 488 g/mol. The van der Waals surface area contributed by atoms with Crippen LogP contribution in [0.4, 0.5) is 5.69 Å². The van der Waals surface area contributed by atoms with E-state index in [-0.39, 0.29) is 23.6 Å². The molecule has 1 aliphatic carbocycles. The zero-order chi connectivity index (χ0) is 24.4. The Balaban J connectivity index is 1.51. The lowest BCUT2D eigenvalue weighted by Gasteiger charge is -2.13. The van der Waals surface area contributed by atoms with Gasteiger partial charge in [-0.2, -0.15) is 5.10 Å². The molecule has 1 aliphatic rings. The summed E-state index contributed by atoms with van der Waals surface area (Å²) in [6.07, 6.45) is 9.19. The molecule has 0 radical (unpaired) electrons. The van der Waals surface area contributed by atoms with E-state index in [0.29, 0.717) is 39.4 Å². The highest BCUT2D eigenvalue weighted by Crippen LogP contribution is 2.28. The standard InChI is InChI=1S/C26H25ClN6O2/c1-2-33-15-23(24(32-33)26(35)29-18-7-3-4-8-18)31-25(34)20-13-22(16-6-5-11-28-14-16)30-21-10-9-17(27)12-19(20)21/h5-6,9-15,18H,2-4,7-8H2,1H3,(H,29,35)(H,31,34). The van der Waals surface area contributed by atoms with E-state index in [4.69, 9.17) is 16.6 Å². The van der Waals surface area contributed by atoms with Crippen LogP contribution in [0.3, 0.4) is 0 Å². The van der Waals surface area contributed by atoms with Crippen LogP contribution in [0.5, 0.6) is 0 Å². The first kappa shape index (κ1) is 23.0. The lowest BCUT2D eigenvalue weighted by Crippen LogP contribution is -2.33. The number of aryl methyl sites for hydroxylation is 1. The number of benzene rings is 1. The van der Waals surface area contributed by atoms with Crippen LogP contribution >= 0.6 is 11.6 Å². The van der Waals surface area contributed by atoms with E-state index in [9.17, 15) is 9.59 Å². The summed E-state index contributed by atoms with van der Waals surface area (Å²) < 4.78 is 1.64. The van der Waals surface area contributed by atoms with E-state index in [1.807, 2.05) is 19.1 Å². The first-order valence-corrected chi connectivity index (χ1v) is 12.1. The summed E-state index contributed by atoms with van der Waals surface area (Å²) in [6, 6.07) is 10.8. The Kier molecular flexibility index (Phi) is 6.46. The van der Waals surface area contributed by atoms with E-state index in [1.54, 1.807) is 47.5 Å². The number of hydrogen-bond acceptors (Lipinski definition) is 5. The van der Waals surface area contributed by atoms with Crippen LogP contribution in [-0.2, 0) is 6.54 Å². The minimum absolute atomic E-state index is 0.145. The molecule has 0 aliphatic heterocycles. The summed E-state index contributed by atoms with van der Waals surface area (Å²) in [4.78, 5) is 35.4. The van der Waals surface area contributed by atoms with Crippen LogP contribution in [0.2, 0.25) is 5.02 Å². The molecule has 0 unspecified atom stereocenters. The van der Waals surface area contributed by atoms with Gasteiger partial charge < -0.3 is 10.6 Å². The maximum Gasteiger partial charge on any atom is 0.274 e. The summed E-state index contributed by atoms with van der Waals surface area (Å²) in [5, 5.41) is 11.5. The van der Waals surface area contributed by atoms with Crippen LogP contribution < -0.4 is 10.6 Å². The molecule has 9 heteroatoms. The average Bonchev–Trinajstić information content (AvgIpc) is 3.53. The molecular weight excluding hydrogens is 464 g/mol. The number of nitrogens with one attached hydrogen (secondary N) is 2. The van der Waals surface area contributed by atoms with Crippen LogP contribution in [0.25, 0.3) is 22.2 Å². The van der Waals surface area contributed by atoms with Crippen molar-refractivity contribution in [1.82, 2.24) is 25.1 Å². The SMILES string of the molecule is CCn1cc(NC(=O)c2cc(-c3cccnc3)nc3ccc(Cl)cc23)c(C(=O)NC2CCCC2)n1. The topological polar surface area (TPSA) is 102 Å². The van der Waals surface area contributed by atoms with Crippen LogP contribution in [0, 0.1) is 0 Å². The van der Waals surface area contributed by atoms with Gasteiger partial charge in [-0.05, 0) is 56.2 Å². The van der Waals surface area contributed by atoms with Crippen molar-refractivity contribution < 1.29 is 9.59 Å². The first-order valence-electron chi connectivity index (χ1n) is 11.7. The first-order chi connectivity index (χ1) is 17.0. The Bertz CT molecular complexity index is 1400. The fourth-order valence-electron chi connectivity index (χ4n) is 4.40. The molecule has 1 fully saturated rings. The van der Waals surface area contributed by atoms with E-state index >= 15 is 0 Å². The molecule has 1 aromatic carbocycles. The Hall–Kier alpha value is -3.78. The van der Waals surface area contributed by atoms with Crippen LogP contribution in [0.1, 0.15) is 53.5 Å². The minimum Gasteiger partial charge on any atom is -0.348 e. The molecule has 3 aromatic heterocycles. The Labute approximate surface area is 207 Å². The second kappa shape index (κ2) is 9.84. The third-order valence-corrected chi connectivity index (χ3v) is 6.45. The summed E-state index contributed by atoms with van der Waals surface area (Å²) in [5.74, 6) is -0.659. The number of halogens is 1. The second-order valence-corrected chi connectivity index (χ2v) is 9.05. The van der Waals surface area contributed by atoms with Crippen molar-refractivity contribution in [2.75, 3.05) is 5.32 Å². The van der Waals surface area contributed by atoms with Gasteiger partial charge in [0.25, 0.3) is 11.8 Å². The summed E-state index contributed by atoms with van der Waals surface area (Å²) >= 11 is 6.25. The van der Waals surface area contributed by atoms with Crippen molar-refractivity contribution in [3.63, 3.8) is 0 Å². The fraction of sp³-hybridized carbons (Fsp3) is 0.269. The highest BCUT2D eigenvalue weighted by Gasteiger charge is 2.24. The van der Waals surface area contributed by atoms with E-state index in [0.717, 1.165) is 31.2 Å². The lowest BCUT2D eigenvalue weighted by atomic mass is 10.0. The van der Waals surface area contributed by atoms with Gasteiger partial charge in [0.15, 0.2) is 5.69 Å². The molecular formula is C26H25ClN6O2. The van der Waals surface area contributed by atoms with Gasteiger partial charge in [-0.25, -0.2) is 4.98 Å². The van der Waals surface area contributed by atoms with Crippen molar-refractivity contribution in [3.8, 4) is 11.3 Å². The molecule has 3 heterocycles. The Morgan fingerprint density at radius 3 is 2.71 bits per heavy atom. The molecule has 35 heavy (non-hydrogen) atoms. The minimum atomic E-state index is -0.379. The van der Waals surface area contributed by atoms with Crippen molar-refractivity contribution in [2.45, 2.75) is 45.2 Å². The molecule has 2 amide bonds. The van der Waals surface area contributed by atoms with Gasteiger partial charge in [0.2, 0.25) is 0 Å². The van der Waals surface area contributed by atoms with Gasteiger partial charge in [-0.3, -0.25) is 19.3 Å². The summed E-state index contributed by atoms with van der Waals surface area (Å²) in [6.45, 7) is 2.49. The molecule has 5 rings (SSSR count). The van der Waals surface area contributed by atoms with Crippen molar-refractivity contribution in [2.24, 2.45) is 0 Å². The van der Waals surface area contributed by atoms with Crippen molar-refractivity contribution in [3.05, 3.63) is 71.3 Å².